The van der Waals surface area contributed by atoms with E-state index in [0.29, 0.717) is 13.2 Å². The fourth-order valence-electron chi connectivity index (χ4n) is 2.22. The molecule has 3 N–H and O–H groups in total. The first-order chi connectivity index (χ1) is 9.43. The van der Waals surface area contributed by atoms with E-state index in [2.05, 4.69) is 50.9 Å². The van der Waals surface area contributed by atoms with E-state index in [1.54, 1.807) is 6.08 Å². The molecule has 110 valence electrons. The summed E-state index contributed by atoms with van der Waals surface area (Å²) in [6.45, 7) is 13.2. The second kappa shape index (κ2) is 7.15. The molecule has 3 heteroatoms. The predicted octanol–water partition coefficient (Wildman–Crippen LogP) is 3.82. The van der Waals surface area contributed by atoms with Crippen LogP contribution in [0.15, 0.2) is 36.9 Å². The molecule has 0 saturated carbocycles. The van der Waals surface area contributed by atoms with Crippen LogP contribution in [0.1, 0.15) is 33.3 Å². The number of hydrogen-bond donors (Lipinski definition) is 2. The van der Waals surface area contributed by atoms with Gasteiger partial charge >= 0.3 is 0 Å². The standard InChI is InChI=1S/C14H19NO.C3H7N/c1-5-16-11-6-7-13-12(8-11)10(2)9-14(3,4)15-13;1-2-3-4/h6-9,15H,5H2,1-4H3;2H,1,3-4H2. The molecular weight excluding hydrogens is 248 g/mol. The third-order valence-corrected chi connectivity index (χ3v) is 2.93. The molecule has 0 aliphatic carbocycles. The van der Waals surface area contributed by atoms with E-state index in [4.69, 9.17) is 10.5 Å². The third kappa shape index (κ3) is 4.42. The lowest BCUT2D eigenvalue weighted by atomic mass is 9.91. The van der Waals surface area contributed by atoms with Crippen LogP contribution in [0.3, 0.4) is 0 Å². The van der Waals surface area contributed by atoms with Crippen molar-refractivity contribution in [3.63, 3.8) is 0 Å². The molecule has 1 aliphatic rings. The summed E-state index contributed by atoms with van der Waals surface area (Å²) in [4.78, 5) is 0. The highest BCUT2D eigenvalue weighted by atomic mass is 16.5. The maximum atomic E-state index is 5.52. The Balaban J connectivity index is 0.000000444. The van der Waals surface area contributed by atoms with E-state index in [9.17, 15) is 0 Å². The first kappa shape index (κ1) is 16.3. The van der Waals surface area contributed by atoms with Crippen molar-refractivity contribution in [3.8, 4) is 5.75 Å². The van der Waals surface area contributed by atoms with Crippen molar-refractivity contribution in [2.75, 3.05) is 18.5 Å². The van der Waals surface area contributed by atoms with Gasteiger partial charge in [0.15, 0.2) is 0 Å². The van der Waals surface area contributed by atoms with Gasteiger partial charge in [-0.15, -0.1) is 6.58 Å². The summed E-state index contributed by atoms with van der Waals surface area (Å²) >= 11 is 0. The monoisotopic (exact) mass is 274 g/mol. The van der Waals surface area contributed by atoms with Crippen LogP contribution >= 0.6 is 0 Å². The van der Waals surface area contributed by atoms with Crippen molar-refractivity contribution < 1.29 is 4.74 Å². The lowest BCUT2D eigenvalue weighted by molar-refractivity contribution is 0.340. The molecule has 0 radical (unpaired) electrons. The number of anilines is 1. The number of benzene rings is 1. The smallest absolute Gasteiger partial charge is 0.120 e. The summed E-state index contributed by atoms with van der Waals surface area (Å²) in [6.07, 6.45) is 3.91. The van der Waals surface area contributed by atoms with E-state index < -0.39 is 0 Å². The summed E-state index contributed by atoms with van der Waals surface area (Å²) in [6, 6.07) is 6.22. The zero-order valence-electron chi connectivity index (χ0n) is 13.0. The highest BCUT2D eigenvalue weighted by Crippen LogP contribution is 2.35. The summed E-state index contributed by atoms with van der Waals surface area (Å²) in [5, 5.41) is 3.50. The van der Waals surface area contributed by atoms with Crippen molar-refractivity contribution in [2.24, 2.45) is 5.73 Å². The zero-order chi connectivity index (χ0) is 15.2. The molecule has 0 saturated heterocycles. The Kier molecular flexibility index (Phi) is 5.83. The van der Waals surface area contributed by atoms with Crippen LogP contribution in [0.25, 0.3) is 5.57 Å². The average molecular weight is 274 g/mol. The lowest BCUT2D eigenvalue weighted by Gasteiger charge is -2.31. The molecule has 3 nitrogen and oxygen atoms in total. The number of allylic oxidation sites excluding steroid dienone is 1. The van der Waals surface area contributed by atoms with Gasteiger partial charge in [0.1, 0.15) is 5.75 Å². The Morgan fingerprint density at radius 1 is 1.40 bits per heavy atom. The molecule has 0 spiro atoms. The maximum Gasteiger partial charge on any atom is 0.120 e. The molecule has 0 atom stereocenters. The van der Waals surface area contributed by atoms with Crippen LogP contribution < -0.4 is 15.8 Å². The molecule has 0 fully saturated rings. The van der Waals surface area contributed by atoms with Gasteiger partial charge in [0.2, 0.25) is 0 Å². The fourth-order valence-corrected chi connectivity index (χ4v) is 2.22. The molecule has 0 aromatic heterocycles. The molecule has 2 rings (SSSR count). The molecule has 20 heavy (non-hydrogen) atoms. The average Bonchev–Trinajstić information content (AvgIpc) is 2.39. The van der Waals surface area contributed by atoms with Crippen molar-refractivity contribution in [1.82, 2.24) is 0 Å². The van der Waals surface area contributed by atoms with E-state index in [1.807, 2.05) is 13.0 Å². The first-order valence-corrected chi connectivity index (χ1v) is 6.99. The molecule has 0 bridgehead atoms. The quantitative estimate of drug-likeness (QED) is 0.824. The third-order valence-electron chi connectivity index (χ3n) is 2.93. The van der Waals surface area contributed by atoms with Gasteiger partial charge in [-0.05, 0) is 51.5 Å². The minimum absolute atomic E-state index is 0.0320. The Morgan fingerprint density at radius 2 is 2.05 bits per heavy atom. The van der Waals surface area contributed by atoms with Crippen molar-refractivity contribution >= 4 is 11.3 Å². The van der Waals surface area contributed by atoms with Gasteiger partial charge in [0, 0.05) is 17.8 Å². The Labute approximate surface area is 122 Å². The topological polar surface area (TPSA) is 47.3 Å². The zero-order valence-corrected chi connectivity index (χ0v) is 13.0. The molecule has 1 aromatic rings. The van der Waals surface area contributed by atoms with E-state index in [0.717, 1.165) is 5.75 Å². The van der Waals surface area contributed by atoms with Gasteiger partial charge in [0.25, 0.3) is 0 Å². The van der Waals surface area contributed by atoms with Crippen LogP contribution in [-0.4, -0.2) is 18.7 Å². The largest absolute Gasteiger partial charge is 0.494 e. The van der Waals surface area contributed by atoms with Gasteiger partial charge in [-0.1, -0.05) is 12.2 Å². The molecule has 0 unspecified atom stereocenters. The highest BCUT2D eigenvalue weighted by molar-refractivity contribution is 5.80. The van der Waals surface area contributed by atoms with Gasteiger partial charge in [0.05, 0.1) is 12.1 Å². The van der Waals surface area contributed by atoms with Gasteiger partial charge in [-0.25, -0.2) is 0 Å². The van der Waals surface area contributed by atoms with E-state index >= 15 is 0 Å². The second-order valence-corrected chi connectivity index (χ2v) is 5.34. The minimum Gasteiger partial charge on any atom is -0.494 e. The van der Waals surface area contributed by atoms with Gasteiger partial charge < -0.3 is 15.8 Å². The molecular formula is C17H26N2O. The Morgan fingerprint density at radius 3 is 2.60 bits per heavy atom. The molecule has 0 amide bonds. The fraction of sp³-hybridized carbons (Fsp3) is 0.412. The van der Waals surface area contributed by atoms with Gasteiger partial charge in [-0.3, -0.25) is 0 Å². The van der Waals surface area contributed by atoms with Crippen LogP contribution in [0.5, 0.6) is 5.75 Å². The van der Waals surface area contributed by atoms with Crippen LogP contribution in [0.4, 0.5) is 5.69 Å². The molecule has 1 heterocycles. The Bertz CT molecular complexity index is 490. The highest BCUT2D eigenvalue weighted by Gasteiger charge is 2.22. The summed E-state index contributed by atoms with van der Waals surface area (Å²) in [5.41, 5.74) is 8.68. The number of nitrogens with one attached hydrogen (secondary N) is 1. The second-order valence-electron chi connectivity index (χ2n) is 5.34. The van der Waals surface area contributed by atoms with E-state index in [-0.39, 0.29) is 5.54 Å². The van der Waals surface area contributed by atoms with Crippen molar-refractivity contribution in [3.05, 3.63) is 42.5 Å². The summed E-state index contributed by atoms with van der Waals surface area (Å²) in [5.74, 6) is 0.940. The summed E-state index contributed by atoms with van der Waals surface area (Å²) in [7, 11) is 0. The number of ether oxygens (including phenoxy) is 1. The molecule has 1 aliphatic heterocycles. The number of fused-ring (bicyclic) bond motifs is 1. The van der Waals surface area contributed by atoms with Crippen LogP contribution in [-0.2, 0) is 0 Å². The van der Waals surface area contributed by atoms with Crippen LogP contribution in [0, 0.1) is 0 Å². The first-order valence-electron chi connectivity index (χ1n) is 6.99. The number of hydrogen-bond acceptors (Lipinski definition) is 3. The molecule has 1 aromatic carbocycles. The normalized spacial score (nSPS) is 14.9. The number of nitrogens with two attached hydrogens (primary N) is 1. The van der Waals surface area contributed by atoms with Crippen molar-refractivity contribution in [1.29, 1.82) is 0 Å². The minimum atomic E-state index is 0.0320. The summed E-state index contributed by atoms with van der Waals surface area (Å²) < 4.78 is 5.52. The number of rotatable bonds is 3. The van der Waals surface area contributed by atoms with E-state index in [1.165, 1.54) is 16.8 Å². The van der Waals surface area contributed by atoms with Gasteiger partial charge in [-0.2, -0.15) is 0 Å². The van der Waals surface area contributed by atoms with Crippen LogP contribution in [0.2, 0.25) is 0 Å². The SMILES string of the molecule is C=CCN.CCOc1ccc2c(c1)C(C)=CC(C)(C)N2. The Hall–Kier alpha value is -1.74. The predicted molar refractivity (Wildman–Crippen MR) is 88.2 cm³/mol. The van der Waals surface area contributed by atoms with Crippen molar-refractivity contribution in [2.45, 2.75) is 33.2 Å². The lowest BCUT2D eigenvalue weighted by Crippen LogP contribution is -2.31. The maximum absolute atomic E-state index is 5.52.